The number of benzene rings is 12. The number of aromatic nitrogens is 3. The predicted molar refractivity (Wildman–Crippen MR) is 330 cm³/mol. The molecule has 6 nitrogen and oxygen atoms in total. The Morgan fingerprint density at radius 1 is 0.392 bits per heavy atom. The van der Waals surface area contributed by atoms with Crippen LogP contribution in [0.25, 0.3) is 126 Å². The van der Waals surface area contributed by atoms with Crippen LogP contribution < -0.4 is 0 Å². The van der Waals surface area contributed by atoms with Crippen molar-refractivity contribution in [2.75, 3.05) is 0 Å². The van der Waals surface area contributed by atoms with Crippen molar-refractivity contribution in [2.24, 2.45) is 0 Å². The van der Waals surface area contributed by atoms with Crippen LogP contribution in [-0.4, -0.2) is 22.1 Å². The second kappa shape index (κ2) is 18.6. The van der Waals surface area contributed by atoms with Gasteiger partial charge < -0.3 is 13.7 Å². The van der Waals surface area contributed by atoms with Crippen molar-refractivity contribution in [3.63, 3.8) is 0 Å². The van der Waals surface area contributed by atoms with E-state index in [1.165, 1.54) is 12.1 Å². The highest BCUT2D eigenvalue weighted by atomic mass is 32.2. The quantitative estimate of drug-likeness (QED) is 0.156. The second-order valence-corrected chi connectivity index (χ2v) is 22.2. The molecule has 376 valence electrons. The summed E-state index contributed by atoms with van der Waals surface area (Å²) in [7, 11) is -3.96. The standard InChI is InChI=1S/C66H40N4O2S.C6H10/c1-40-34-49(73(71,72)48-30-28-41(39-67)29-31-48)32-33-56(40)70-65-59(50-24-12-14-26-52(50)63-61(65)54-35-42-16-8-10-18-44(42)37-57(54)68(63)46-20-4-2-5-21-46)60-51-25-13-15-27-53(51)64-62(66(60)70)55-36-43-17-9-11-19-45(43)38-58(55)69(64)47-22-6-3-7-23-47;1-3-5-6-4-2/h2-38H,1H3;3-6H,1-2H3/b;5-3-,6-4-. The van der Waals surface area contributed by atoms with E-state index >= 15 is 0 Å². The Labute approximate surface area is 456 Å². The van der Waals surface area contributed by atoms with Crippen LogP contribution in [0.3, 0.4) is 0 Å². The minimum absolute atomic E-state index is 0.138. The van der Waals surface area contributed by atoms with Crippen molar-refractivity contribution in [1.82, 2.24) is 13.7 Å². The van der Waals surface area contributed by atoms with Crippen LogP contribution in [0.5, 0.6) is 0 Å². The van der Waals surface area contributed by atoms with Crippen LogP contribution in [0.2, 0.25) is 0 Å². The number of para-hydroxylation sites is 2. The van der Waals surface area contributed by atoms with Gasteiger partial charge in [0.25, 0.3) is 0 Å². The highest BCUT2D eigenvalue weighted by Gasteiger charge is 2.31. The van der Waals surface area contributed by atoms with Crippen LogP contribution in [0.15, 0.2) is 259 Å². The molecule has 0 fully saturated rings. The Balaban J connectivity index is 0.000000894. The van der Waals surface area contributed by atoms with Gasteiger partial charge in [-0.15, -0.1) is 0 Å². The summed E-state index contributed by atoms with van der Waals surface area (Å²) in [6.07, 6.45) is 8.00. The van der Waals surface area contributed by atoms with Gasteiger partial charge in [0.05, 0.1) is 54.5 Å². The highest BCUT2D eigenvalue weighted by Crippen LogP contribution is 2.53. The molecule has 12 aromatic carbocycles. The van der Waals surface area contributed by atoms with Crippen molar-refractivity contribution >= 4 is 118 Å². The predicted octanol–water partition coefficient (Wildman–Crippen LogP) is 18.7. The molecule has 0 aliphatic rings. The fraction of sp³-hybridized carbons (Fsp3) is 0.0417. The lowest BCUT2D eigenvalue weighted by molar-refractivity contribution is 0.596. The van der Waals surface area contributed by atoms with Gasteiger partial charge >= 0.3 is 0 Å². The maximum atomic E-state index is 14.5. The molecule has 0 aliphatic carbocycles. The second-order valence-electron chi connectivity index (χ2n) is 20.2. The summed E-state index contributed by atoms with van der Waals surface area (Å²) in [5, 5.41) is 25.4. The van der Waals surface area contributed by atoms with Gasteiger partial charge in [0.2, 0.25) is 9.84 Å². The molecule has 0 bridgehead atoms. The molecule has 0 atom stereocenters. The third-order valence-electron chi connectivity index (χ3n) is 15.8. The average molecular weight is 1040 g/mol. The zero-order valence-electron chi connectivity index (χ0n) is 43.7. The van der Waals surface area contributed by atoms with E-state index in [0.717, 1.165) is 131 Å². The third-order valence-corrected chi connectivity index (χ3v) is 17.5. The summed E-state index contributed by atoms with van der Waals surface area (Å²) in [6.45, 7) is 6.03. The molecule has 3 heterocycles. The Kier molecular flexibility index (Phi) is 11.2. The van der Waals surface area contributed by atoms with Crippen molar-refractivity contribution in [3.05, 3.63) is 260 Å². The molecule has 0 saturated heterocycles. The topological polar surface area (TPSA) is 72.7 Å². The van der Waals surface area contributed by atoms with Gasteiger partial charge in [-0.25, -0.2) is 8.42 Å². The van der Waals surface area contributed by atoms with Gasteiger partial charge in [-0.1, -0.05) is 158 Å². The van der Waals surface area contributed by atoms with Crippen molar-refractivity contribution in [3.8, 4) is 23.1 Å². The highest BCUT2D eigenvalue weighted by molar-refractivity contribution is 7.91. The molecule has 0 saturated carbocycles. The molecule has 0 amide bonds. The summed E-state index contributed by atoms with van der Waals surface area (Å²) >= 11 is 0. The maximum absolute atomic E-state index is 14.5. The largest absolute Gasteiger partial charge is 0.309 e. The zero-order valence-corrected chi connectivity index (χ0v) is 44.5. The van der Waals surface area contributed by atoms with Crippen LogP contribution in [0.4, 0.5) is 0 Å². The molecule has 0 N–H and O–H groups in total. The first-order chi connectivity index (χ1) is 38.8. The third kappa shape index (κ3) is 7.26. The lowest BCUT2D eigenvalue weighted by Crippen LogP contribution is -2.05. The fourth-order valence-electron chi connectivity index (χ4n) is 12.4. The molecule has 15 rings (SSSR count). The first kappa shape index (κ1) is 47.5. The number of hydrogen-bond acceptors (Lipinski definition) is 3. The van der Waals surface area contributed by atoms with E-state index in [1.807, 2.05) is 57.2 Å². The van der Waals surface area contributed by atoms with Gasteiger partial charge in [0.1, 0.15) is 0 Å². The van der Waals surface area contributed by atoms with E-state index in [9.17, 15) is 13.7 Å². The molecule has 0 aliphatic heterocycles. The zero-order chi connectivity index (χ0) is 53.5. The first-order valence-electron chi connectivity index (χ1n) is 26.6. The molecule has 7 heteroatoms. The van der Waals surface area contributed by atoms with Gasteiger partial charge in [-0.05, 0) is 150 Å². The number of rotatable bonds is 6. The van der Waals surface area contributed by atoms with Crippen LogP contribution in [0, 0.1) is 18.3 Å². The van der Waals surface area contributed by atoms with Gasteiger partial charge in [-0.2, -0.15) is 5.26 Å². The summed E-state index contributed by atoms with van der Waals surface area (Å²) in [5.41, 5.74) is 10.7. The Morgan fingerprint density at radius 2 is 0.797 bits per heavy atom. The van der Waals surface area contributed by atoms with Crippen molar-refractivity contribution in [1.29, 1.82) is 5.26 Å². The number of nitriles is 1. The first-order valence-corrected chi connectivity index (χ1v) is 28.1. The summed E-state index contributed by atoms with van der Waals surface area (Å²) in [5.74, 6) is 0. The molecule has 0 radical (unpaired) electrons. The SMILES string of the molecule is C/C=C\C=C/C.Cc1cc(S(=O)(=O)c2ccc(C#N)cc2)ccc1-n1c2c(c3ccccc3c3c2c2cc4ccccc4cc2n3-c2ccccc2)c2c3ccccc3c3c(c4cc5ccccc5cc4n3-c3ccccc3)c21. The van der Waals surface area contributed by atoms with Crippen molar-refractivity contribution in [2.45, 2.75) is 30.6 Å². The smallest absolute Gasteiger partial charge is 0.206 e. The van der Waals surface area contributed by atoms with Gasteiger partial charge in [0, 0.05) is 60.2 Å². The Bertz CT molecular complexity index is 4970. The summed E-state index contributed by atoms with van der Waals surface area (Å²) in [4.78, 5) is 0.323. The molecule has 3 aromatic heterocycles. The monoisotopic (exact) mass is 1030 g/mol. The van der Waals surface area contributed by atoms with E-state index in [4.69, 9.17) is 0 Å². The molecule has 0 spiro atoms. The number of aryl methyl sites for hydroxylation is 1. The number of allylic oxidation sites excluding steroid dienone is 4. The van der Waals surface area contributed by atoms with E-state index in [-0.39, 0.29) is 9.79 Å². The van der Waals surface area contributed by atoms with Crippen LogP contribution in [-0.2, 0) is 9.84 Å². The van der Waals surface area contributed by atoms with Gasteiger partial charge in [0.15, 0.2) is 0 Å². The minimum atomic E-state index is -3.96. The lowest BCUT2D eigenvalue weighted by Gasteiger charge is -2.16. The lowest BCUT2D eigenvalue weighted by atomic mass is 9.95. The molecular formula is C72H50N4O2S. The Morgan fingerprint density at radius 3 is 1.23 bits per heavy atom. The van der Waals surface area contributed by atoms with Crippen LogP contribution >= 0.6 is 0 Å². The molecular weight excluding hydrogens is 985 g/mol. The number of fused-ring (bicyclic) bond motifs is 19. The molecule has 15 aromatic rings. The van der Waals surface area contributed by atoms with Crippen molar-refractivity contribution < 1.29 is 8.42 Å². The number of hydrogen-bond donors (Lipinski definition) is 0. The van der Waals surface area contributed by atoms with Crippen LogP contribution in [0.1, 0.15) is 25.0 Å². The molecule has 0 unspecified atom stereocenters. The minimum Gasteiger partial charge on any atom is -0.309 e. The average Bonchev–Trinajstić information content (AvgIpc) is 2.66. The normalized spacial score (nSPS) is 12.2. The Hall–Kier alpha value is -10.0. The van der Waals surface area contributed by atoms with E-state index in [0.29, 0.717) is 5.56 Å². The fourth-order valence-corrected chi connectivity index (χ4v) is 13.7. The number of nitrogens with zero attached hydrogens (tertiary/aromatic N) is 4. The maximum Gasteiger partial charge on any atom is 0.206 e. The van der Waals surface area contributed by atoms with E-state index < -0.39 is 9.84 Å². The van der Waals surface area contributed by atoms with E-state index in [1.54, 1.807) is 18.2 Å². The summed E-state index contributed by atoms with van der Waals surface area (Å²) in [6, 6.07) is 79.6. The van der Waals surface area contributed by atoms with Gasteiger partial charge in [-0.3, -0.25) is 0 Å². The number of sulfone groups is 1. The van der Waals surface area contributed by atoms with E-state index in [2.05, 4.69) is 202 Å². The molecule has 79 heavy (non-hydrogen) atoms. The summed E-state index contributed by atoms with van der Waals surface area (Å²) < 4.78 is 36.4.